The predicted molar refractivity (Wildman–Crippen MR) is 155 cm³/mol. The molecule has 0 radical (unpaired) electrons. The highest BCUT2D eigenvalue weighted by atomic mass is 32.2. The maximum absolute atomic E-state index is 14.1. The second-order valence-electron chi connectivity index (χ2n) is 10.0. The van der Waals surface area contributed by atoms with E-state index in [2.05, 4.69) is 27.7 Å². The predicted octanol–water partition coefficient (Wildman–Crippen LogP) is 4.73. The number of thioether (sulfide) groups is 1. The van der Waals surface area contributed by atoms with Crippen LogP contribution in [0.2, 0.25) is 0 Å². The number of rotatable bonds is 7. The van der Waals surface area contributed by atoms with Gasteiger partial charge in [0.2, 0.25) is 5.91 Å². The third kappa shape index (κ3) is 5.39. The van der Waals surface area contributed by atoms with Crippen LogP contribution in [0.5, 0.6) is 0 Å². The number of esters is 2. The van der Waals surface area contributed by atoms with Gasteiger partial charge in [0.1, 0.15) is 10.2 Å². The number of hydrogen-bond donors (Lipinski definition) is 1. The number of carbonyl (C=O) groups excluding carboxylic acids is 3. The fraction of sp³-hybridized carbons (Fsp3) is 0.323. The number of hydrogen-bond acceptors (Lipinski definition) is 7. The maximum Gasteiger partial charge on any atom is 0.357 e. The largest absolute Gasteiger partial charge is 0.465 e. The number of methoxy groups -OCH3 is 1. The van der Waals surface area contributed by atoms with Crippen molar-refractivity contribution in [2.24, 2.45) is 0 Å². The van der Waals surface area contributed by atoms with Gasteiger partial charge >= 0.3 is 11.9 Å². The first kappa shape index (κ1) is 28.2. The minimum absolute atomic E-state index is 0.0718. The lowest BCUT2D eigenvalue weighted by molar-refractivity contribution is -0.133. The second kappa shape index (κ2) is 11.5. The molecule has 7 nitrogen and oxygen atoms in total. The molecule has 0 aliphatic carbocycles. The SMILES string of the molecule is CCOC(=O)c1c(N)/c(=C\c2ccc(C(C)C)cc2)c2n1C(=O)[C@H](c1ccc(C(C)C)cc1)SC=2C(=O)OC. The molecule has 2 aromatic carbocycles. The summed E-state index contributed by atoms with van der Waals surface area (Å²) in [6, 6.07) is 15.6. The fourth-order valence-corrected chi connectivity index (χ4v) is 5.82. The minimum atomic E-state index is -0.786. The Morgan fingerprint density at radius 2 is 1.54 bits per heavy atom. The lowest BCUT2D eigenvalue weighted by atomic mass is 10.0. The van der Waals surface area contributed by atoms with E-state index in [1.54, 1.807) is 13.0 Å². The zero-order valence-corrected chi connectivity index (χ0v) is 23.9. The number of fused-ring (bicyclic) bond motifs is 1. The smallest absolute Gasteiger partial charge is 0.357 e. The van der Waals surface area contributed by atoms with E-state index in [0.29, 0.717) is 22.6 Å². The number of nitrogens with zero attached hydrogens (tertiary/aromatic N) is 1. The number of aromatic nitrogens is 1. The van der Waals surface area contributed by atoms with Crippen molar-refractivity contribution in [2.75, 3.05) is 19.5 Å². The maximum atomic E-state index is 14.1. The van der Waals surface area contributed by atoms with Crippen molar-refractivity contribution in [1.29, 1.82) is 0 Å². The van der Waals surface area contributed by atoms with Crippen LogP contribution in [0.25, 0.3) is 11.0 Å². The van der Waals surface area contributed by atoms with Crippen molar-refractivity contribution in [2.45, 2.75) is 51.7 Å². The summed E-state index contributed by atoms with van der Waals surface area (Å²) in [5, 5.41) is -0.156. The van der Waals surface area contributed by atoms with E-state index in [9.17, 15) is 14.4 Å². The van der Waals surface area contributed by atoms with Gasteiger partial charge in [-0.2, -0.15) is 0 Å². The van der Waals surface area contributed by atoms with E-state index in [0.717, 1.165) is 22.9 Å². The average molecular weight is 547 g/mol. The van der Waals surface area contributed by atoms with Gasteiger partial charge in [0, 0.05) is 5.22 Å². The molecule has 3 aromatic rings. The number of benzene rings is 2. The Morgan fingerprint density at radius 3 is 2.05 bits per heavy atom. The zero-order valence-electron chi connectivity index (χ0n) is 23.1. The van der Waals surface area contributed by atoms with E-state index in [4.69, 9.17) is 15.2 Å². The highest BCUT2D eigenvalue weighted by Crippen LogP contribution is 2.40. The topological polar surface area (TPSA) is 101 Å². The number of nitrogen functional groups attached to an aromatic ring is 1. The standard InChI is InChI=1S/C31H34N2O5S/c1-7-38-30(35)26-24(32)23(16-19-8-10-20(11-9-19)17(2)3)25-28(31(36)37-6)39-27(29(34)33(25)26)22-14-12-21(13-15-22)18(4)5/h8-18,27H,7,32H2,1-6H3/b23-16+/t27-/m0/s1. The molecule has 1 aliphatic heterocycles. The monoisotopic (exact) mass is 546 g/mol. The number of anilines is 1. The molecule has 0 spiro atoms. The molecule has 39 heavy (non-hydrogen) atoms. The second-order valence-corrected chi connectivity index (χ2v) is 11.1. The zero-order chi connectivity index (χ0) is 28.4. The van der Waals surface area contributed by atoms with E-state index in [-0.39, 0.29) is 34.1 Å². The highest BCUT2D eigenvalue weighted by Gasteiger charge is 2.38. The molecule has 2 N–H and O–H groups in total. The number of nitrogens with two attached hydrogens (primary N) is 1. The van der Waals surface area contributed by atoms with Gasteiger partial charge < -0.3 is 15.2 Å². The molecule has 4 rings (SSSR count). The Labute approximate surface area is 232 Å². The molecule has 8 heteroatoms. The Morgan fingerprint density at radius 1 is 0.974 bits per heavy atom. The molecule has 1 atom stereocenters. The Hall–Kier alpha value is -3.78. The van der Waals surface area contributed by atoms with Crippen LogP contribution in [-0.2, 0) is 14.3 Å². The summed E-state index contributed by atoms with van der Waals surface area (Å²) < 4.78 is 11.7. The van der Waals surface area contributed by atoms with Gasteiger partial charge in [-0.15, -0.1) is 0 Å². The van der Waals surface area contributed by atoms with Crippen LogP contribution in [0.4, 0.5) is 5.69 Å². The summed E-state index contributed by atoms with van der Waals surface area (Å²) in [5.74, 6) is -1.05. The third-order valence-electron chi connectivity index (χ3n) is 6.80. The van der Waals surface area contributed by atoms with E-state index < -0.39 is 17.2 Å². The molecule has 0 amide bonds. The van der Waals surface area contributed by atoms with Crippen LogP contribution in [0, 0.1) is 0 Å². The first-order valence-corrected chi connectivity index (χ1v) is 13.9. The molecule has 0 fully saturated rings. The Bertz CT molecular complexity index is 1530. The summed E-state index contributed by atoms with van der Waals surface area (Å²) in [5.41, 5.74) is 10.4. The van der Waals surface area contributed by atoms with Crippen LogP contribution < -0.4 is 16.3 Å². The Kier molecular flexibility index (Phi) is 8.35. The molecule has 0 saturated heterocycles. The normalized spacial score (nSPS) is 15.6. The summed E-state index contributed by atoms with van der Waals surface area (Å²) in [7, 11) is 1.29. The van der Waals surface area contributed by atoms with Gasteiger partial charge in [-0.05, 0) is 47.1 Å². The molecular formula is C31H34N2O5S. The van der Waals surface area contributed by atoms with Gasteiger partial charge in [0.05, 0.1) is 24.8 Å². The quantitative estimate of drug-likeness (QED) is 0.428. The molecule has 1 aromatic heterocycles. The first-order chi connectivity index (χ1) is 18.6. The highest BCUT2D eigenvalue weighted by molar-refractivity contribution is 8.10. The van der Waals surface area contributed by atoms with E-state index in [1.807, 2.05) is 48.5 Å². The van der Waals surface area contributed by atoms with Crippen molar-refractivity contribution in [3.05, 3.63) is 87.0 Å². The van der Waals surface area contributed by atoms with Crippen molar-refractivity contribution >= 4 is 46.3 Å². The van der Waals surface area contributed by atoms with Gasteiger partial charge in [0.25, 0.3) is 0 Å². The molecule has 0 saturated carbocycles. The minimum Gasteiger partial charge on any atom is -0.465 e. The lowest BCUT2D eigenvalue weighted by Crippen LogP contribution is -2.42. The molecule has 0 bridgehead atoms. The molecule has 0 unspecified atom stereocenters. The van der Waals surface area contributed by atoms with Crippen LogP contribution >= 0.6 is 11.8 Å². The van der Waals surface area contributed by atoms with Gasteiger partial charge in [-0.25, -0.2) is 9.59 Å². The molecule has 2 heterocycles. The summed E-state index contributed by atoms with van der Waals surface area (Å²) in [6.45, 7) is 10.2. The molecule has 1 aliphatic rings. The molecular weight excluding hydrogens is 512 g/mol. The van der Waals surface area contributed by atoms with Crippen molar-refractivity contribution in [3.8, 4) is 0 Å². The van der Waals surface area contributed by atoms with Crippen LogP contribution in [0.1, 0.15) is 89.2 Å². The van der Waals surface area contributed by atoms with Gasteiger partial charge in [0.15, 0.2) is 5.69 Å². The first-order valence-electron chi connectivity index (χ1n) is 13.0. The van der Waals surface area contributed by atoms with Crippen molar-refractivity contribution in [3.63, 3.8) is 0 Å². The number of carbonyl (C=O) groups is 3. The van der Waals surface area contributed by atoms with Crippen LogP contribution in [-0.4, -0.2) is 36.1 Å². The van der Waals surface area contributed by atoms with Crippen LogP contribution in [0.3, 0.4) is 0 Å². The summed E-state index contributed by atoms with van der Waals surface area (Å²) in [6.07, 6.45) is 1.78. The average Bonchev–Trinajstić information content (AvgIpc) is 3.21. The van der Waals surface area contributed by atoms with Crippen molar-refractivity contribution < 1.29 is 23.9 Å². The van der Waals surface area contributed by atoms with E-state index >= 15 is 0 Å². The Balaban J connectivity index is 2.01. The fourth-order valence-electron chi connectivity index (χ4n) is 4.59. The number of ether oxygens (including phenoxy) is 2. The molecule has 204 valence electrons. The van der Waals surface area contributed by atoms with Crippen molar-refractivity contribution in [1.82, 2.24) is 4.57 Å². The summed E-state index contributed by atoms with van der Waals surface area (Å²) >= 11 is 1.10. The summed E-state index contributed by atoms with van der Waals surface area (Å²) in [4.78, 5) is 40.5. The van der Waals surface area contributed by atoms with Crippen LogP contribution in [0.15, 0.2) is 48.5 Å². The van der Waals surface area contributed by atoms with E-state index in [1.165, 1.54) is 17.2 Å². The van der Waals surface area contributed by atoms with Gasteiger partial charge in [-0.3, -0.25) is 9.36 Å². The third-order valence-corrected chi connectivity index (χ3v) is 8.11. The lowest BCUT2D eigenvalue weighted by Gasteiger charge is -2.23. The van der Waals surface area contributed by atoms with Gasteiger partial charge in [-0.1, -0.05) is 88.0 Å².